The lowest BCUT2D eigenvalue weighted by Crippen LogP contribution is -2.11. The molecule has 3 nitrogen and oxygen atoms in total. The van der Waals surface area contributed by atoms with Crippen molar-refractivity contribution in [3.8, 4) is 50.2 Å². The smallest absolute Gasteiger partial charge is 0.136 e. The monoisotopic (exact) mass is 804 g/mol. The van der Waals surface area contributed by atoms with Crippen LogP contribution in [0.2, 0.25) is 0 Å². The normalized spacial score (nSPS) is 11.5. The fourth-order valence-corrected chi connectivity index (χ4v) is 9.37. The summed E-state index contributed by atoms with van der Waals surface area (Å²) in [6.45, 7) is 0. The molecule has 12 aromatic rings. The van der Waals surface area contributed by atoms with Crippen molar-refractivity contribution in [2.24, 2.45) is 0 Å². The lowest BCUT2D eigenvalue weighted by atomic mass is 9.97. The molecular formula is C60H40N2O. The Hall–Kier alpha value is -8.40. The topological polar surface area (TPSA) is 21.3 Å². The Labute approximate surface area is 366 Å². The van der Waals surface area contributed by atoms with E-state index in [2.05, 4.69) is 240 Å². The first-order valence-corrected chi connectivity index (χ1v) is 21.5. The quantitative estimate of drug-likeness (QED) is 0.153. The summed E-state index contributed by atoms with van der Waals surface area (Å²) in [4.78, 5) is 2.38. The number of hydrogen-bond donors (Lipinski definition) is 0. The summed E-state index contributed by atoms with van der Waals surface area (Å²) < 4.78 is 8.66. The third-order valence-corrected chi connectivity index (χ3v) is 12.4. The first-order chi connectivity index (χ1) is 31.2. The molecule has 10 aromatic carbocycles. The van der Waals surface area contributed by atoms with Gasteiger partial charge in [-0.1, -0.05) is 164 Å². The van der Waals surface area contributed by atoms with E-state index in [1.807, 2.05) is 12.1 Å². The van der Waals surface area contributed by atoms with Crippen LogP contribution in [0, 0.1) is 0 Å². The van der Waals surface area contributed by atoms with E-state index in [1.54, 1.807) is 0 Å². The van der Waals surface area contributed by atoms with E-state index >= 15 is 0 Å². The van der Waals surface area contributed by atoms with E-state index in [0.717, 1.165) is 78.1 Å². The summed E-state index contributed by atoms with van der Waals surface area (Å²) in [6, 6.07) is 87.2. The maximum atomic E-state index is 6.28. The predicted octanol–water partition coefficient (Wildman–Crippen LogP) is 16.8. The standard InChI is InChI=1S/C60H40N2O/c1-2-14-41(15-3-1)44-16-12-18-47(38-44)51-20-4-8-24-56(51)61(49-35-30-43(31-36-49)46-32-37-55-54-23-7-11-27-59(54)63-60(55)40-46)48-33-28-42(29-34-48)45-17-13-19-50(39-45)62-57-25-9-5-21-52(57)53-22-6-10-26-58(53)62/h1-40H. The summed E-state index contributed by atoms with van der Waals surface area (Å²) in [6.07, 6.45) is 0. The molecule has 0 N–H and O–H groups in total. The van der Waals surface area contributed by atoms with E-state index in [9.17, 15) is 0 Å². The Morgan fingerprint density at radius 1 is 0.302 bits per heavy atom. The molecule has 12 rings (SSSR count). The van der Waals surface area contributed by atoms with Crippen LogP contribution in [-0.4, -0.2) is 4.57 Å². The third-order valence-electron chi connectivity index (χ3n) is 12.4. The number of para-hydroxylation sites is 4. The van der Waals surface area contributed by atoms with E-state index in [1.165, 1.54) is 32.9 Å². The molecule has 0 radical (unpaired) electrons. The van der Waals surface area contributed by atoms with Crippen LogP contribution in [0.5, 0.6) is 0 Å². The highest BCUT2D eigenvalue weighted by atomic mass is 16.3. The number of nitrogens with zero attached hydrogens (tertiary/aromatic N) is 2. The molecule has 63 heavy (non-hydrogen) atoms. The minimum absolute atomic E-state index is 0.895. The van der Waals surface area contributed by atoms with Gasteiger partial charge < -0.3 is 13.9 Å². The number of fused-ring (bicyclic) bond motifs is 6. The summed E-state index contributed by atoms with van der Waals surface area (Å²) in [7, 11) is 0. The van der Waals surface area contributed by atoms with Gasteiger partial charge in [-0.25, -0.2) is 0 Å². The van der Waals surface area contributed by atoms with Gasteiger partial charge in [0, 0.05) is 44.2 Å². The van der Waals surface area contributed by atoms with E-state index < -0.39 is 0 Å². The number of aromatic nitrogens is 1. The van der Waals surface area contributed by atoms with Crippen LogP contribution in [0.15, 0.2) is 247 Å². The van der Waals surface area contributed by atoms with Gasteiger partial charge in [0.05, 0.1) is 16.7 Å². The van der Waals surface area contributed by atoms with Crippen LogP contribution in [-0.2, 0) is 0 Å². The zero-order valence-electron chi connectivity index (χ0n) is 34.4. The molecule has 0 saturated carbocycles. The molecule has 0 aliphatic rings. The molecular weight excluding hydrogens is 765 g/mol. The molecule has 2 heterocycles. The highest BCUT2D eigenvalue weighted by molar-refractivity contribution is 6.09. The van der Waals surface area contributed by atoms with E-state index in [4.69, 9.17) is 4.42 Å². The zero-order valence-corrected chi connectivity index (χ0v) is 34.4. The third kappa shape index (κ3) is 6.46. The van der Waals surface area contributed by atoms with Crippen molar-refractivity contribution < 1.29 is 4.42 Å². The average Bonchev–Trinajstić information content (AvgIpc) is 3.91. The van der Waals surface area contributed by atoms with Crippen molar-refractivity contribution in [3.05, 3.63) is 243 Å². The van der Waals surface area contributed by atoms with Gasteiger partial charge in [0.1, 0.15) is 11.2 Å². The predicted molar refractivity (Wildman–Crippen MR) is 264 cm³/mol. The molecule has 0 aliphatic carbocycles. The summed E-state index contributed by atoms with van der Waals surface area (Å²) in [5.41, 5.74) is 17.8. The van der Waals surface area contributed by atoms with Gasteiger partial charge in [-0.15, -0.1) is 0 Å². The second kappa shape index (κ2) is 15.3. The van der Waals surface area contributed by atoms with Crippen molar-refractivity contribution in [3.63, 3.8) is 0 Å². The Bertz CT molecular complexity index is 3560. The molecule has 0 bridgehead atoms. The van der Waals surface area contributed by atoms with Crippen molar-refractivity contribution >= 4 is 60.8 Å². The minimum Gasteiger partial charge on any atom is -0.456 e. The largest absolute Gasteiger partial charge is 0.456 e. The summed E-state index contributed by atoms with van der Waals surface area (Å²) >= 11 is 0. The molecule has 0 saturated heterocycles. The summed E-state index contributed by atoms with van der Waals surface area (Å²) in [5, 5.41) is 4.79. The molecule has 3 heteroatoms. The fourth-order valence-electron chi connectivity index (χ4n) is 9.37. The van der Waals surface area contributed by atoms with Crippen LogP contribution < -0.4 is 4.90 Å². The molecule has 2 aromatic heterocycles. The second-order valence-corrected chi connectivity index (χ2v) is 16.1. The second-order valence-electron chi connectivity index (χ2n) is 16.1. The van der Waals surface area contributed by atoms with Gasteiger partial charge in [0.25, 0.3) is 0 Å². The number of hydrogen-bond acceptors (Lipinski definition) is 2. The van der Waals surface area contributed by atoms with Gasteiger partial charge in [0.2, 0.25) is 0 Å². The van der Waals surface area contributed by atoms with Gasteiger partial charge in [-0.05, 0) is 118 Å². The molecule has 0 unspecified atom stereocenters. The van der Waals surface area contributed by atoms with Crippen LogP contribution in [0.1, 0.15) is 0 Å². The first kappa shape index (κ1) is 36.5. The van der Waals surface area contributed by atoms with Crippen molar-refractivity contribution in [1.29, 1.82) is 0 Å². The van der Waals surface area contributed by atoms with Crippen LogP contribution in [0.3, 0.4) is 0 Å². The van der Waals surface area contributed by atoms with Crippen molar-refractivity contribution in [2.45, 2.75) is 0 Å². The summed E-state index contributed by atoms with van der Waals surface area (Å²) in [5.74, 6) is 0. The van der Waals surface area contributed by atoms with E-state index in [-0.39, 0.29) is 0 Å². The van der Waals surface area contributed by atoms with Gasteiger partial charge in [0.15, 0.2) is 0 Å². The van der Waals surface area contributed by atoms with Gasteiger partial charge in [-0.3, -0.25) is 0 Å². The Balaban J connectivity index is 0.951. The Morgan fingerprint density at radius 2 is 0.794 bits per heavy atom. The average molecular weight is 805 g/mol. The minimum atomic E-state index is 0.895. The Kier molecular flexibility index (Phi) is 8.83. The maximum absolute atomic E-state index is 6.28. The molecule has 0 spiro atoms. The highest BCUT2D eigenvalue weighted by Crippen LogP contribution is 2.43. The maximum Gasteiger partial charge on any atom is 0.136 e. The highest BCUT2D eigenvalue weighted by Gasteiger charge is 2.19. The number of anilines is 3. The molecule has 0 atom stereocenters. The molecule has 0 aliphatic heterocycles. The lowest BCUT2D eigenvalue weighted by Gasteiger charge is -2.28. The van der Waals surface area contributed by atoms with Crippen LogP contribution in [0.4, 0.5) is 17.1 Å². The first-order valence-electron chi connectivity index (χ1n) is 21.5. The Morgan fingerprint density at radius 3 is 1.51 bits per heavy atom. The number of furan rings is 1. The number of rotatable bonds is 8. The molecule has 296 valence electrons. The fraction of sp³-hybridized carbons (Fsp3) is 0. The van der Waals surface area contributed by atoms with Crippen molar-refractivity contribution in [2.75, 3.05) is 4.90 Å². The molecule has 0 fully saturated rings. The van der Waals surface area contributed by atoms with Gasteiger partial charge in [-0.2, -0.15) is 0 Å². The molecule has 0 amide bonds. The van der Waals surface area contributed by atoms with Crippen LogP contribution in [0.25, 0.3) is 93.9 Å². The lowest BCUT2D eigenvalue weighted by molar-refractivity contribution is 0.669. The van der Waals surface area contributed by atoms with Gasteiger partial charge >= 0.3 is 0 Å². The SMILES string of the molecule is c1ccc(-c2cccc(-c3ccccc3N(c3ccc(-c4cccc(-n5c6ccccc6c6ccccc65)c4)cc3)c3ccc(-c4ccc5c(c4)oc4ccccc45)cc3)c2)cc1. The van der Waals surface area contributed by atoms with E-state index in [0.29, 0.717) is 0 Å². The zero-order chi connectivity index (χ0) is 41.7. The number of benzene rings is 10. The van der Waals surface area contributed by atoms with Crippen LogP contribution >= 0.6 is 0 Å². The van der Waals surface area contributed by atoms with Crippen molar-refractivity contribution in [1.82, 2.24) is 4.57 Å².